The maximum Gasteiger partial charge on any atom is 0.0458 e. The fourth-order valence-electron chi connectivity index (χ4n) is 2.62. The van der Waals surface area contributed by atoms with Crippen molar-refractivity contribution in [3.63, 3.8) is 0 Å². The maximum absolute atomic E-state index is 4.02. The van der Waals surface area contributed by atoms with Crippen LogP contribution in [0.2, 0.25) is 0 Å². The van der Waals surface area contributed by atoms with E-state index >= 15 is 0 Å². The third-order valence-corrected chi connectivity index (χ3v) is 3.64. The predicted molar refractivity (Wildman–Crippen MR) is 84.1 cm³/mol. The van der Waals surface area contributed by atoms with Crippen LogP contribution >= 0.6 is 0 Å². The van der Waals surface area contributed by atoms with E-state index in [-0.39, 0.29) is 0 Å². The summed E-state index contributed by atoms with van der Waals surface area (Å²) in [5.74, 6) is 0. The normalized spacial score (nSPS) is 10.8. The minimum Gasteiger partial charge on any atom is -0.385 e. The number of aromatic nitrogens is 2. The van der Waals surface area contributed by atoms with Crippen LogP contribution in [-0.4, -0.2) is 16.5 Å². The van der Waals surface area contributed by atoms with Gasteiger partial charge in [0.25, 0.3) is 0 Å². The van der Waals surface area contributed by atoms with E-state index in [1.165, 1.54) is 22.2 Å². The number of nitrogens with zero attached hydrogens (tertiary/aromatic N) is 1. The molecule has 0 aliphatic carbocycles. The fourth-order valence-corrected chi connectivity index (χ4v) is 2.62. The lowest BCUT2D eigenvalue weighted by Crippen LogP contribution is -2.03. The minimum absolute atomic E-state index is 0.975. The first-order chi connectivity index (χ1) is 9.84. The number of aromatic amines is 1. The standard InChI is InChI=1S/C17H19N3/c1-13-15(16-5-2-3-7-17(16)20-13)6-4-10-19-14-8-11-18-12-9-14/h2-3,5,7-9,11-12,20H,4,6,10H2,1H3,(H,18,19). The number of H-pyrrole nitrogens is 1. The summed E-state index contributed by atoms with van der Waals surface area (Å²) in [6, 6.07) is 12.5. The number of pyridine rings is 1. The molecule has 0 spiro atoms. The molecule has 0 radical (unpaired) electrons. The van der Waals surface area contributed by atoms with Gasteiger partial charge >= 0.3 is 0 Å². The fraction of sp³-hybridized carbons (Fsp3) is 0.235. The number of fused-ring (bicyclic) bond motifs is 1. The molecule has 0 aliphatic rings. The van der Waals surface area contributed by atoms with Gasteiger partial charge in [-0.05, 0) is 43.5 Å². The number of nitrogens with one attached hydrogen (secondary N) is 2. The van der Waals surface area contributed by atoms with E-state index in [4.69, 9.17) is 0 Å². The lowest BCUT2D eigenvalue weighted by molar-refractivity contribution is 0.861. The van der Waals surface area contributed by atoms with Gasteiger partial charge in [0.1, 0.15) is 0 Å². The summed E-state index contributed by atoms with van der Waals surface area (Å²) >= 11 is 0. The van der Waals surface area contributed by atoms with E-state index in [1.807, 2.05) is 24.5 Å². The topological polar surface area (TPSA) is 40.7 Å². The highest BCUT2D eigenvalue weighted by atomic mass is 14.9. The molecule has 0 aliphatic heterocycles. The van der Waals surface area contributed by atoms with E-state index < -0.39 is 0 Å². The zero-order valence-corrected chi connectivity index (χ0v) is 11.7. The number of hydrogen-bond donors (Lipinski definition) is 2. The van der Waals surface area contributed by atoms with Crippen molar-refractivity contribution in [2.45, 2.75) is 19.8 Å². The van der Waals surface area contributed by atoms with Gasteiger partial charge in [-0.3, -0.25) is 4.98 Å². The Balaban J connectivity index is 1.61. The molecule has 0 amide bonds. The van der Waals surface area contributed by atoms with Gasteiger partial charge in [0.15, 0.2) is 0 Å². The van der Waals surface area contributed by atoms with Crippen molar-refractivity contribution < 1.29 is 0 Å². The van der Waals surface area contributed by atoms with Crippen LogP contribution in [0, 0.1) is 6.92 Å². The molecule has 3 aromatic rings. The Labute approximate surface area is 119 Å². The summed E-state index contributed by atoms with van der Waals surface area (Å²) in [5.41, 5.74) is 5.10. The van der Waals surface area contributed by atoms with E-state index in [2.05, 4.69) is 46.5 Å². The Morgan fingerprint density at radius 1 is 1.10 bits per heavy atom. The van der Waals surface area contributed by atoms with Crippen LogP contribution in [0.5, 0.6) is 0 Å². The molecular weight excluding hydrogens is 246 g/mol. The molecule has 1 aromatic carbocycles. The van der Waals surface area contributed by atoms with Gasteiger partial charge in [-0.1, -0.05) is 18.2 Å². The van der Waals surface area contributed by atoms with Crippen LogP contribution in [0.4, 0.5) is 5.69 Å². The highest BCUT2D eigenvalue weighted by Crippen LogP contribution is 2.23. The first-order valence-electron chi connectivity index (χ1n) is 7.04. The molecule has 3 rings (SSSR count). The van der Waals surface area contributed by atoms with Gasteiger partial charge in [-0.15, -0.1) is 0 Å². The molecule has 0 unspecified atom stereocenters. The van der Waals surface area contributed by atoms with E-state index in [0.717, 1.165) is 25.1 Å². The molecule has 2 heterocycles. The summed E-state index contributed by atoms with van der Waals surface area (Å²) in [7, 11) is 0. The highest BCUT2D eigenvalue weighted by molar-refractivity contribution is 5.84. The highest BCUT2D eigenvalue weighted by Gasteiger charge is 2.06. The number of benzene rings is 1. The largest absolute Gasteiger partial charge is 0.385 e. The number of para-hydroxylation sites is 1. The monoisotopic (exact) mass is 265 g/mol. The zero-order chi connectivity index (χ0) is 13.8. The Hall–Kier alpha value is -2.29. The predicted octanol–water partition coefficient (Wildman–Crippen LogP) is 3.92. The first-order valence-corrected chi connectivity index (χ1v) is 7.04. The van der Waals surface area contributed by atoms with Crippen molar-refractivity contribution in [3.8, 4) is 0 Å². The SMILES string of the molecule is Cc1[nH]c2ccccc2c1CCCNc1ccncc1. The summed E-state index contributed by atoms with van der Waals surface area (Å²) in [6.07, 6.45) is 5.83. The molecule has 2 aromatic heterocycles. The van der Waals surface area contributed by atoms with Crippen molar-refractivity contribution >= 4 is 16.6 Å². The third kappa shape index (κ3) is 2.67. The Bertz CT molecular complexity index is 686. The van der Waals surface area contributed by atoms with Crippen molar-refractivity contribution in [2.75, 3.05) is 11.9 Å². The summed E-state index contributed by atoms with van der Waals surface area (Å²) in [5, 5.41) is 4.78. The number of aryl methyl sites for hydroxylation is 2. The molecule has 0 saturated heterocycles. The molecule has 2 N–H and O–H groups in total. The van der Waals surface area contributed by atoms with Gasteiger partial charge < -0.3 is 10.3 Å². The van der Waals surface area contributed by atoms with E-state index in [9.17, 15) is 0 Å². The number of rotatable bonds is 5. The second-order valence-electron chi connectivity index (χ2n) is 5.04. The molecular formula is C17H19N3. The van der Waals surface area contributed by atoms with Gasteiger partial charge in [0.2, 0.25) is 0 Å². The molecule has 20 heavy (non-hydrogen) atoms. The van der Waals surface area contributed by atoms with Crippen LogP contribution in [0.3, 0.4) is 0 Å². The molecule has 0 fully saturated rings. The van der Waals surface area contributed by atoms with E-state index in [1.54, 1.807) is 0 Å². The van der Waals surface area contributed by atoms with Crippen molar-refractivity contribution in [2.24, 2.45) is 0 Å². The van der Waals surface area contributed by atoms with Crippen LogP contribution in [-0.2, 0) is 6.42 Å². The molecule has 3 nitrogen and oxygen atoms in total. The summed E-state index contributed by atoms with van der Waals surface area (Å²) < 4.78 is 0. The summed E-state index contributed by atoms with van der Waals surface area (Å²) in [6.45, 7) is 3.13. The minimum atomic E-state index is 0.975. The first kappa shape index (κ1) is 12.7. The third-order valence-electron chi connectivity index (χ3n) is 3.64. The molecule has 0 saturated carbocycles. The van der Waals surface area contributed by atoms with Gasteiger partial charge in [-0.25, -0.2) is 0 Å². The van der Waals surface area contributed by atoms with Gasteiger partial charge in [0.05, 0.1) is 0 Å². The van der Waals surface area contributed by atoms with Crippen LogP contribution in [0.1, 0.15) is 17.7 Å². The van der Waals surface area contributed by atoms with Crippen molar-refractivity contribution in [1.82, 2.24) is 9.97 Å². The average molecular weight is 265 g/mol. The second-order valence-corrected chi connectivity index (χ2v) is 5.04. The van der Waals surface area contributed by atoms with Crippen molar-refractivity contribution in [3.05, 3.63) is 60.0 Å². The van der Waals surface area contributed by atoms with Crippen LogP contribution in [0.25, 0.3) is 10.9 Å². The van der Waals surface area contributed by atoms with Crippen LogP contribution < -0.4 is 5.32 Å². The second kappa shape index (κ2) is 5.78. The Kier molecular flexibility index (Phi) is 3.68. The lowest BCUT2D eigenvalue weighted by atomic mass is 10.1. The molecule has 3 heteroatoms. The molecule has 102 valence electrons. The Morgan fingerprint density at radius 3 is 2.75 bits per heavy atom. The average Bonchev–Trinajstić information content (AvgIpc) is 2.80. The summed E-state index contributed by atoms with van der Waals surface area (Å²) in [4.78, 5) is 7.47. The van der Waals surface area contributed by atoms with Gasteiger partial charge in [-0.2, -0.15) is 0 Å². The van der Waals surface area contributed by atoms with Gasteiger partial charge in [0, 0.05) is 41.2 Å². The smallest absolute Gasteiger partial charge is 0.0458 e. The zero-order valence-electron chi connectivity index (χ0n) is 11.7. The molecule has 0 atom stereocenters. The quantitative estimate of drug-likeness (QED) is 0.686. The maximum atomic E-state index is 4.02. The number of anilines is 1. The number of hydrogen-bond acceptors (Lipinski definition) is 2. The molecule has 0 bridgehead atoms. The van der Waals surface area contributed by atoms with E-state index in [0.29, 0.717) is 0 Å². The Morgan fingerprint density at radius 2 is 1.90 bits per heavy atom. The van der Waals surface area contributed by atoms with Crippen LogP contribution in [0.15, 0.2) is 48.8 Å². The van der Waals surface area contributed by atoms with Crippen molar-refractivity contribution in [1.29, 1.82) is 0 Å². The lowest BCUT2D eigenvalue weighted by Gasteiger charge is -2.06.